The molecular weight excluding hydrogens is 238 g/mol. The van der Waals surface area contributed by atoms with Gasteiger partial charge >= 0.3 is 0 Å². The van der Waals surface area contributed by atoms with E-state index in [1.54, 1.807) is 6.33 Å². The van der Waals surface area contributed by atoms with Crippen LogP contribution in [0.25, 0.3) is 11.0 Å². The zero-order valence-corrected chi connectivity index (χ0v) is 11.9. The molecule has 3 heterocycles. The van der Waals surface area contributed by atoms with Crippen molar-refractivity contribution >= 4 is 16.9 Å². The second-order valence-corrected chi connectivity index (χ2v) is 5.49. The molecule has 5 nitrogen and oxygen atoms in total. The Hall–Kier alpha value is -1.65. The van der Waals surface area contributed by atoms with Crippen LogP contribution in [0.4, 0.5) is 5.82 Å². The Kier molecular flexibility index (Phi) is 3.12. The van der Waals surface area contributed by atoms with Crippen molar-refractivity contribution in [3.05, 3.63) is 12.0 Å². The number of aromatic nitrogens is 4. The van der Waals surface area contributed by atoms with Gasteiger partial charge in [0.25, 0.3) is 0 Å². The Labute approximate surface area is 113 Å². The zero-order valence-electron chi connectivity index (χ0n) is 11.9. The minimum absolute atomic E-state index is 0.734. The van der Waals surface area contributed by atoms with Crippen LogP contribution in [-0.2, 0) is 6.54 Å². The molecule has 2 aromatic rings. The van der Waals surface area contributed by atoms with Crippen molar-refractivity contribution in [3.8, 4) is 0 Å². The summed E-state index contributed by atoms with van der Waals surface area (Å²) in [4.78, 5) is 11.3. The maximum Gasteiger partial charge on any atom is 0.158 e. The molecule has 0 unspecified atom stereocenters. The van der Waals surface area contributed by atoms with E-state index in [0.717, 1.165) is 48.1 Å². The minimum Gasteiger partial charge on any atom is -0.354 e. The fraction of sp³-hybridized carbons (Fsp3) is 0.643. The van der Waals surface area contributed by atoms with Crippen LogP contribution in [0.2, 0.25) is 0 Å². The number of fused-ring (bicyclic) bond motifs is 1. The molecule has 1 aliphatic rings. The number of aryl methyl sites for hydroxylation is 2. The number of nitrogens with zero attached hydrogens (tertiary/aromatic N) is 5. The predicted molar refractivity (Wildman–Crippen MR) is 76.3 cm³/mol. The van der Waals surface area contributed by atoms with Gasteiger partial charge in [-0.1, -0.05) is 6.92 Å². The number of rotatable bonds is 2. The minimum atomic E-state index is 0.734. The molecule has 0 saturated carbocycles. The van der Waals surface area contributed by atoms with Gasteiger partial charge in [0, 0.05) is 19.6 Å². The molecule has 102 valence electrons. The second-order valence-electron chi connectivity index (χ2n) is 5.49. The molecule has 1 fully saturated rings. The molecule has 2 aromatic heterocycles. The van der Waals surface area contributed by atoms with Gasteiger partial charge in [0.05, 0.1) is 5.69 Å². The van der Waals surface area contributed by atoms with Gasteiger partial charge in [-0.2, -0.15) is 5.10 Å². The molecule has 0 bridgehead atoms. The second kappa shape index (κ2) is 4.79. The molecule has 3 rings (SSSR count). The Balaban J connectivity index is 2.12. The standard InChI is InChI=1S/C14H21N5/c1-4-19-13-12(11(3)17-19)15-9-16-14(13)18-7-5-6-10(2)8-18/h9-10H,4-8H2,1-3H3/t10-/m0/s1. The first-order valence-corrected chi connectivity index (χ1v) is 7.13. The van der Waals surface area contributed by atoms with Crippen molar-refractivity contribution in [2.75, 3.05) is 18.0 Å². The molecule has 5 heteroatoms. The highest BCUT2D eigenvalue weighted by molar-refractivity contribution is 5.87. The van der Waals surface area contributed by atoms with Gasteiger partial charge in [-0.25, -0.2) is 9.97 Å². The first kappa shape index (κ1) is 12.4. The van der Waals surface area contributed by atoms with Crippen LogP contribution < -0.4 is 4.90 Å². The number of hydrogen-bond acceptors (Lipinski definition) is 4. The Morgan fingerprint density at radius 3 is 2.95 bits per heavy atom. The van der Waals surface area contributed by atoms with Crippen molar-refractivity contribution in [1.82, 2.24) is 19.7 Å². The largest absolute Gasteiger partial charge is 0.354 e. The van der Waals surface area contributed by atoms with E-state index < -0.39 is 0 Å². The summed E-state index contributed by atoms with van der Waals surface area (Å²) in [6.45, 7) is 9.47. The highest BCUT2D eigenvalue weighted by atomic mass is 15.3. The van der Waals surface area contributed by atoms with Crippen LogP contribution in [0.5, 0.6) is 0 Å². The van der Waals surface area contributed by atoms with Gasteiger partial charge in [-0.3, -0.25) is 4.68 Å². The smallest absolute Gasteiger partial charge is 0.158 e. The summed E-state index contributed by atoms with van der Waals surface area (Å²) in [7, 11) is 0. The first-order valence-electron chi connectivity index (χ1n) is 7.13. The number of anilines is 1. The fourth-order valence-electron chi connectivity index (χ4n) is 2.99. The van der Waals surface area contributed by atoms with E-state index in [-0.39, 0.29) is 0 Å². The van der Waals surface area contributed by atoms with Crippen molar-refractivity contribution in [3.63, 3.8) is 0 Å². The zero-order chi connectivity index (χ0) is 13.4. The summed E-state index contributed by atoms with van der Waals surface area (Å²) in [5, 5.41) is 4.57. The topological polar surface area (TPSA) is 46.8 Å². The summed E-state index contributed by atoms with van der Waals surface area (Å²) in [5.41, 5.74) is 3.08. The lowest BCUT2D eigenvalue weighted by Crippen LogP contribution is -2.35. The normalized spacial score (nSPS) is 20.2. The van der Waals surface area contributed by atoms with Gasteiger partial charge in [0.15, 0.2) is 5.82 Å². The third kappa shape index (κ3) is 2.07. The van der Waals surface area contributed by atoms with E-state index in [0.29, 0.717) is 0 Å². The van der Waals surface area contributed by atoms with Gasteiger partial charge in [0.1, 0.15) is 17.4 Å². The molecule has 0 amide bonds. The van der Waals surface area contributed by atoms with E-state index in [2.05, 4.69) is 33.8 Å². The van der Waals surface area contributed by atoms with E-state index in [9.17, 15) is 0 Å². The van der Waals surface area contributed by atoms with E-state index in [1.165, 1.54) is 12.8 Å². The molecule has 1 aliphatic heterocycles. The van der Waals surface area contributed by atoms with Crippen LogP contribution >= 0.6 is 0 Å². The lowest BCUT2D eigenvalue weighted by Gasteiger charge is -2.32. The summed E-state index contributed by atoms with van der Waals surface area (Å²) >= 11 is 0. The molecule has 0 aromatic carbocycles. The Morgan fingerprint density at radius 2 is 2.21 bits per heavy atom. The Morgan fingerprint density at radius 1 is 1.37 bits per heavy atom. The predicted octanol–water partition coefficient (Wildman–Crippen LogP) is 2.39. The quantitative estimate of drug-likeness (QED) is 0.831. The van der Waals surface area contributed by atoms with Crippen LogP contribution in [0, 0.1) is 12.8 Å². The molecule has 0 radical (unpaired) electrons. The third-order valence-corrected chi connectivity index (χ3v) is 3.93. The highest BCUT2D eigenvalue weighted by Crippen LogP contribution is 2.28. The monoisotopic (exact) mass is 259 g/mol. The average molecular weight is 259 g/mol. The van der Waals surface area contributed by atoms with Gasteiger partial charge < -0.3 is 4.90 Å². The summed E-state index contributed by atoms with van der Waals surface area (Å²) in [5.74, 6) is 1.79. The Bertz CT molecular complexity index is 589. The molecule has 0 spiro atoms. The molecule has 1 saturated heterocycles. The molecule has 19 heavy (non-hydrogen) atoms. The fourth-order valence-corrected chi connectivity index (χ4v) is 2.99. The van der Waals surface area contributed by atoms with Crippen molar-refractivity contribution in [2.24, 2.45) is 5.92 Å². The lowest BCUT2D eigenvalue weighted by atomic mass is 10.0. The van der Waals surface area contributed by atoms with Gasteiger partial charge in [0.2, 0.25) is 0 Å². The summed E-state index contributed by atoms with van der Waals surface area (Å²) in [6, 6.07) is 0. The van der Waals surface area contributed by atoms with E-state index in [1.807, 2.05) is 11.6 Å². The van der Waals surface area contributed by atoms with Crippen LogP contribution in [0.3, 0.4) is 0 Å². The molecule has 1 atom stereocenters. The maximum atomic E-state index is 4.57. The van der Waals surface area contributed by atoms with Gasteiger partial charge in [-0.05, 0) is 32.6 Å². The summed E-state index contributed by atoms with van der Waals surface area (Å²) in [6.07, 6.45) is 4.23. The van der Waals surface area contributed by atoms with Crippen LogP contribution in [0.1, 0.15) is 32.4 Å². The third-order valence-electron chi connectivity index (χ3n) is 3.93. The molecule has 0 N–H and O–H groups in total. The van der Waals surface area contributed by atoms with Crippen molar-refractivity contribution < 1.29 is 0 Å². The average Bonchev–Trinajstić information content (AvgIpc) is 2.76. The first-order chi connectivity index (χ1) is 9.20. The summed E-state index contributed by atoms with van der Waals surface area (Å²) < 4.78 is 2.03. The highest BCUT2D eigenvalue weighted by Gasteiger charge is 2.22. The SMILES string of the molecule is CCn1nc(C)c2ncnc(N3CCC[C@H](C)C3)c21. The van der Waals surface area contributed by atoms with Crippen molar-refractivity contribution in [2.45, 2.75) is 40.2 Å². The van der Waals surface area contributed by atoms with E-state index >= 15 is 0 Å². The van der Waals surface area contributed by atoms with E-state index in [4.69, 9.17) is 0 Å². The van der Waals surface area contributed by atoms with Crippen molar-refractivity contribution in [1.29, 1.82) is 0 Å². The number of hydrogen-bond donors (Lipinski definition) is 0. The van der Waals surface area contributed by atoms with Crippen LogP contribution in [0.15, 0.2) is 6.33 Å². The maximum absolute atomic E-state index is 4.57. The van der Waals surface area contributed by atoms with Crippen LogP contribution in [-0.4, -0.2) is 32.8 Å². The lowest BCUT2D eigenvalue weighted by molar-refractivity contribution is 0.444. The van der Waals surface area contributed by atoms with Gasteiger partial charge in [-0.15, -0.1) is 0 Å². The molecule has 0 aliphatic carbocycles. The molecular formula is C14H21N5. The number of piperidine rings is 1.